The smallest absolute Gasteiger partial charge is 0.234 e. The van der Waals surface area contributed by atoms with Gasteiger partial charge < -0.3 is 9.73 Å². The number of anilines is 1. The van der Waals surface area contributed by atoms with Crippen molar-refractivity contribution in [3.63, 3.8) is 0 Å². The minimum absolute atomic E-state index is 0.0414. The van der Waals surface area contributed by atoms with Crippen molar-refractivity contribution >= 4 is 15.7 Å². The zero-order chi connectivity index (χ0) is 21.1. The average molecular weight is 422 g/mol. The number of hydrogen-bond donors (Lipinski definition) is 1. The third-order valence-corrected chi connectivity index (χ3v) is 6.20. The van der Waals surface area contributed by atoms with Crippen LogP contribution in [0.1, 0.15) is 11.1 Å². The number of oxazole rings is 1. The van der Waals surface area contributed by atoms with Crippen molar-refractivity contribution in [2.24, 2.45) is 0 Å². The molecule has 1 heterocycles. The molecule has 0 bridgehead atoms. The number of rotatable bonds is 6. The molecule has 3 aromatic carbocycles. The number of benzene rings is 3. The van der Waals surface area contributed by atoms with Crippen LogP contribution in [0.25, 0.3) is 11.5 Å². The van der Waals surface area contributed by atoms with Crippen molar-refractivity contribution in [2.45, 2.75) is 23.4 Å². The van der Waals surface area contributed by atoms with Crippen LogP contribution in [-0.2, 0) is 16.4 Å². The van der Waals surface area contributed by atoms with Crippen LogP contribution in [0.4, 0.5) is 10.3 Å². The number of sulfone groups is 1. The molecular formula is C23H19FN2O3S. The number of hydrogen-bond acceptors (Lipinski definition) is 5. The number of aryl methyl sites for hydroxylation is 1. The Bertz CT molecular complexity index is 1270. The van der Waals surface area contributed by atoms with Gasteiger partial charge in [-0.2, -0.15) is 4.98 Å². The zero-order valence-electron chi connectivity index (χ0n) is 16.2. The van der Waals surface area contributed by atoms with Gasteiger partial charge in [-0.3, -0.25) is 0 Å². The first-order valence-corrected chi connectivity index (χ1v) is 10.8. The highest BCUT2D eigenvalue weighted by atomic mass is 32.2. The molecule has 0 amide bonds. The Labute approximate surface area is 174 Å². The first kappa shape index (κ1) is 19.8. The number of halogens is 1. The summed E-state index contributed by atoms with van der Waals surface area (Å²) in [6.07, 6.45) is 0. The van der Waals surface area contributed by atoms with Gasteiger partial charge >= 0.3 is 0 Å². The van der Waals surface area contributed by atoms with Gasteiger partial charge in [0.05, 0.1) is 4.90 Å². The van der Waals surface area contributed by atoms with Crippen LogP contribution in [0.15, 0.2) is 93.2 Å². The van der Waals surface area contributed by atoms with Gasteiger partial charge in [-0.25, -0.2) is 12.8 Å². The standard InChI is InChI=1S/C23H19FN2O3S/c1-16-6-5-9-20(14-16)30(27,28)23-22(25-15-17-10-12-19(24)13-11-17)29-21(26-23)18-7-3-2-4-8-18/h2-14,25H,15H2,1H3. The number of nitrogens with one attached hydrogen (secondary N) is 1. The van der Waals surface area contributed by atoms with E-state index in [4.69, 9.17) is 4.42 Å². The van der Waals surface area contributed by atoms with E-state index in [0.717, 1.165) is 11.1 Å². The Balaban J connectivity index is 1.75. The lowest BCUT2D eigenvalue weighted by atomic mass is 10.2. The summed E-state index contributed by atoms with van der Waals surface area (Å²) in [5.74, 6) is -0.101. The normalized spacial score (nSPS) is 11.4. The Morgan fingerprint density at radius 1 is 0.967 bits per heavy atom. The van der Waals surface area contributed by atoms with Crippen LogP contribution in [0, 0.1) is 12.7 Å². The molecule has 152 valence electrons. The third-order valence-electron chi connectivity index (χ3n) is 4.54. The number of aromatic nitrogens is 1. The maximum Gasteiger partial charge on any atom is 0.234 e. The van der Waals surface area contributed by atoms with E-state index < -0.39 is 9.84 Å². The van der Waals surface area contributed by atoms with Gasteiger partial charge in [0.25, 0.3) is 0 Å². The first-order valence-electron chi connectivity index (χ1n) is 9.30. The van der Waals surface area contributed by atoms with Gasteiger partial charge in [0.15, 0.2) is 0 Å². The average Bonchev–Trinajstić information content (AvgIpc) is 3.19. The van der Waals surface area contributed by atoms with Gasteiger partial charge in [0.2, 0.25) is 26.6 Å². The molecule has 1 N–H and O–H groups in total. The molecule has 1 aromatic heterocycles. The molecule has 5 nitrogen and oxygen atoms in total. The Kier molecular flexibility index (Phi) is 5.37. The van der Waals surface area contributed by atoms with Gasteiger partial charge in [-0.1, -0.05) is 42.5 Å². The lowest BCUT2D eigenvalue weighted by Crippen LogP contribution is -2.07. The third kappa shape index (κ3) is 4.11. The fraction of sp³-hybridized carbons (Fsp3) is 0.0870. The van der Waals surface area contributed by atoms with E-state index in [2.05, 4.69) is 10.3 Å². The van der Waals surface area contributed by atoms with E-state index in [1.54, 1.807) is 36.4 Å². The van der Waals surface area contributed by atoms with E-state index in [0.29, 0.717) is 5.56 Å². The predicted octanol–water partition coefficient (Wildman–Crippen LogP) is 5.23. The molecule has 0 atom stereocenters. The minimum atomic E-state index is -3.92. The molecular weight excluding hydrogens is 403 g/mol. The van der Waals surface area contributed by atoms with E-state index in [9.17, 15) is 12.8 Å². The summed E-state index contributed by atoms with van der Waals surface area (Å²) in [5, 5.41) is 2.81. The molecule has 0 spiro atoms. The van der Waals surface area contributed by atoms with E-state index in [1.165, 1.54) is 18.2 Å². The summed E-state index contributed by atoms with van der Waals surface area (Å²) >= 11 is 0. The zero-order valence-corrected chi connectivity index (χ0v) is 17.0. The molecule has 0 aliphatic carbocycles. The van der Waals surface area contributed by atoms with Crippen LogP contribution in [-0.4, -0.2) is 13.4 Å². The largest absolute Gasteiger partial charge is 0.419 e. The second kappa shape index (κ2) is 8.12. The summed E-state index contributed by atoms with van der Waals surface area (Å²) in [5.41, 5.74) is 2.25. The first-order chi connectivity index (χ1) is 14.4. The molecule has 30 heavy (non-hydrogen) atoms. The lowest BCUT2D eigenvalue weighted by Gasteiger charge is -2.07. The topological polar surface area (TPSA) is 72.2 Å². The van der Waals surface area contributed by atoms with Crippen LogP contribution >= 0.6 is 0 Å². The summed E-state index contributed by atoms with van der Waals surface area (Å²) in [7, 11) is -3.92. The molecule has 0 aliphatic heterocycles. The maximum atomic E-state index is 13.3. The molecule has 0 unspecified atom stereocenters. The van der Waals surface area contributed by atoms with Crippen LogP contribution in [0.5, 0.6) is 0 Å². The highest BCUT2D eigenvalue weighted by molar-refractivity contribution is 7.91. The van der Waals surface area contributed by atoms with Gasteiger partial charge in [0.1, 0.15) is 5.82 Å². The summed E-state index contributed by atoms with van der Waals surface area (Å²) < 4.78 is 45.6. The van der Waals surface area contributed by atoms with Crippen LogP contribution in [0.2, 0.25) is 0 Å². The molecule has 4 aromatic rings. The molecule has 0 aliphatic rings. The number of nitrogens with zero attached hydrogens (tertiary/aromatic N) is 1. The predicted molar refractivity (Wildman–Crippen MR) is 112 cm³/mol. The van der Waals surface area contributed by atoms with Crippen LogP contribution in [0.3, 0.4) is 0 Å². The minimum Gasteiger partial charge on any atom is -0.419 e. The lowest BCUT2D eigenvalue weighted by molar-refractivity contribution is 0.576. The van der Waals surface area contributed by atoms with Crippen LogP contribution < -0.4 is 5.32 Å². The van der Waals surface area contributed by atoms with E-state index in [-0.39, 0.29) is 34.1 Å². The monoisotopic (exact) mass is 422 g/mol. The van der Waals surface area contributed by atoms with Crippen molar-refractivity contribution in [3.8, 4) is 11.5 Å². The molecule has 7 heteroatoms. The molecule has 0 saturated heterocycles. The summed E-state index contributed by atoms with van der Waals surface area (Å²) in [4.78, 5) is 4.45. The maximum absolute atomic E-state index is 13.3. The van der Waals surface area contributed by atoms with Crippen molar-refractivity contribution in [2.75, 3.05) is 5.32 Å². The van der Waals surface area contributed by atoms with E-state index in [1.807, 2.05) is 31.2 Å². The molecule has 4 rings (SSSR count). The Morgan fingerprint density at radius 2 is 1.70 bits per heavy atom. The Morgan fingerprint density at radius 3 is 2.40 bits per heavy atom. The molecule has 0 saturated carbocycles. The highest BCUT2D eigenvalue weighted by Crippen LogP contribution is 2.32. The fourth-order valence-electron chi connectivity index (χ4n) is 2.98. The summed E-state index contributed by atoms with van der Waals surface area (Å²) in [6, 6.07) is 21.6. The van der Waals surface area contributed by atoms with Gasteiger partial charge in [-0.15, -0.1) is 0 Å². The quantitative estimate of drug-likeness (QED) is 0.460. The van der Waals surface area contributed by atoms with Crippen molar-refractivity contribution < 1.29 is 17.2 Å². The second-order valence-electron chi connectivity index (χ2n) is 6.82. The Hall–Kier alpha value is -3.45. The van der Waals surface area contributed by atoms with Crippen molar-refractivity contribution in [3.05, 3.63) is 95.8 Å². The summed E-state index contributed by atoms with van der Waals surface area (Å²) in [6.45, 7) is 2.07. The fourth-order valence-corrected chi connectivity index (χ4v) is 4.37. The van der Waals surface area contributed by atoms with Gasteiger partial charge in [-0.05, 0) is 54.4 Å². The SMILES string of the molecule is Cc1cccc(S(=O)(=O)c2nc(-c3ccccc3)oc2NCc2ccc(F)cc2)c1. The van der Waals surface area contributed by atoms with Crippen molar-refractivity contribution in [1.82, 2.24) is 4.98 Å². The van der Waals surface area contributed by atoms with Crippen molar-refractivity contribution in [1.29, 1.82) is 0 Å². The van der Waals surface area contributed by atoms with Gasteiger partial charge in [0, 0.05) is 12.1 Å². The molecule has 0 fully saturated rings. The highest BCUT2D eigenvalue weighted by Gasteiger charge is 2.28. The van der Waals surface area contributed by atoms with E-state index >= 15 is 0 Å². The second-order valence-corrected chi connectivity index (χ2v) is 8.68. The molecule has 0 radical (unpaired) electrons.